The molecule has 0 saturated carbocycles. The SMILES string of the molecule is Cc1ccc(OP(=O)(Oc2ccc(C)cc2C)SC(C)C)c(C)c1. The van der Waals surface area contributed by atoms with E-state index in [1.165, 1.54) is 11.4 Å². The van der Waals surface area contributed by atoms with E-state index in [9.17, 15) is 4.57 Å². The van der Waals surface area contributed by atoms with Gasteiger partial charge in [-0.3, -0.25) is 0 Å². The predicted octanol–water partition coefficient (Wildman–Crippen LogP) is 6.63. The molecule has 0 fully saturated rings. The summed E-state index contributed by atoms with van der Waals surface area (Å²) < 4.78 is 25.1. The van der Waals surface area contributed by atoms with E-state index in [4.69, 9.17) is 9.05 Å². The van der Waals surface area contributed by atoms with Crippen LogP contribution in [0, 0.1) is 27.7 Å². The Labute approximate surface area is 149 Å². The van der Waals surface area contributed by atoms with Crippen LogP contribution >= 0.6 is 18.2 Å². The summed E-state index contributed by atoms with van der Waals surface area (Å²) in [6.07, 6.45) is 0. The second-order valence-corrected chi connectivity index (χ2v) is 10.7. The molecule has 130 valence electrons. The van der Waals surface area contributed by atoms with E-state index in [1.807, 2.05) is 77.9 Å². The van der Waals surface area contributed by atoms with Crippen LogP contribution in [0.5, 0.6) is 11.5 Å². The van der Waals surface area contributed by atoms with Gasteiger partial charge in [-0.1, -0.05) is 49.2 Å². The summed E-state index contributed by atoms with van der Waals surface area (Å²) >= 11 is 1.23. The van der Waals surface area contributed by atoms with Gasteiger partial charge in [0.1, 0.15) is 11.5 Å². The maximum Gasteiger partial charge on any atom is 0.493 e. The molecule has 2 aromatic rings. The lowest BCUT2D eigenvalue weighted by Crippen LogP contribution is -2.03. The molecular formula is C19H25O3PS. The fraction of sp³-hybridized carbons (Fsp3) is 0.368. The summed E-state index contributed by atoms with van der Waals surface area (Å²) in [5.74, 6) is 1.20. The lowest BCUT2D eigenvalue weighted by Gasteiger charge is -2.22. The second kappa shape index (κ2) is 7.67. The van der Waals surface area contributed by atoms with E-state index in [0.29, 0.717) is 11.5 Å². The Morgan fingerprint density at radius 1 is 0.833 bits per heavy atom. The van der Waals surface area contributed by atoms with Crippen molar-refractivity contribution < 1.29 is 13.6 Å². The standard InChI is InChI=1S/C19H25O3PS/c1-13(2)24-23(20,21-18-9-7-14(3)11-16(18)5)22-19-10-8-15(4)12-17(19)6/h7-13H,1-6H3. The molecule has 0 aliphatic rings. The molecule has 0 aliphatic heterocycles. The monoisotopic (exact) mass is 364 g/mol. The average Bonchev–Trinajstić information content (AvgIpc) is 2.44. The minimum atomic E-state index is -3.39. The molecule has 0 spiro atoms. The molecule has 0 unspecified atom stereocenters. The Kier molecular flexibility index (Phi) is 6.06. The topological polar surface area (TPSA) is 35.5 Å². The van der Waals surface area contributed by atoms with Crippen LogP contribution in [0.4, 0.5) is 0 Å². The summed E-state index contributed by atoms with van der Waals surface area (Å²) in [6, 6.07) is 11.6. The Morgan fingerprint density at radius 2 is 1.25 bits per heavy atom. The molecule has 0 aliphatic carbocycles. The van der Waals surface area contributed by atoms with E-state index in [2.05, 4.69) is 0 Å². The molecule has 24 heavy (non-hydrogen) atoms. The largest absolute Gasteiger partial charge is 0.493 e. The van der Waals surface area contributed by atoms with Gasteiger partial charge in [-0.25, -0.2) is 4.57 Å². The number of benzene rings is 2. The van der Waals surface area contributed by atoms with Gasteiger partial charge in [0, 0.05) is 5.25 Å². The lowest BCUT2D eigenvalue weighted by atomic mass is 10.1. The number of hydrogen-bond donors (Lipinski definition) is 0. The zero-order valence-electron chi connectivity index (χ0n) is 15.1. The first-order chi connectivity index (χ1) is 11.2. The first-order valence-electron chi connectivity index (χ1n) is 8.01. The van der Waals surface area contributed by atoms with Crippen molar-refractivity contribution in [2.45, 2.75) is 46.8 Å². The maximum absolute atomic E-state index is 13.4. The Bertz CT molecular complexity index is 714. The molecule has 2 aromatic carbocycles. The van der Waals surface area contributed by atoms with Crippen molar-refractivity contribution in [2.75, 3.05) is 0 Å². The van der Waals surface area contributed by atoms with E-state index in [-0.39, 0.29) is 5.25 Å². The van der Waals surface area contributed by atoms with Crippen LogP contribution in [0.15, 0.2) is 36.4 Å². The van der Waals surface area contributed by atoms with Gasteiger partial charge in [0.2, 0.25) is 0 Å². The average molecular weight is 364 g/mol. The van der Waals surface area contributed by atoms with Crippen LogP contribution in [0.25, 0.3) is 0 Å². The third-order valence-electron chi connectivity index (χ3n) is 3.42. The molecule has 0 heterocycles. The van der Waals surface area contributed by atoms with Gasteiger partial charge in [-0.15, -0.1) is 0 Å². The molecule has 5 heteroatoms. The molecule has 0 bridgehead atoms. The van der Waals surface area contributed by atoms with Gasteiger partial charge in [0.05, 0.1) is 0 Å². The molecule has 0 radical (unpaired) electrons. The number of aryl methyl sites for hydroxylation is 4. The van der Waals surface area contributed by atoms with Crippen LogP contribution in [-0.4, -0.2) is 5.25 Å². The van der Waals surface area contributed by atoms with Gasteiger partial charge in [-0.2, -0.15) is 0 Å². The smallest absolute Gasteiger partial charge is 0.408 e. The molecule has 0 aromatic heterocycles. The van der Waals surface area contributed by atoms with E-state index >= 15 is 0 Å². The van der Waals surface area contributed by atoms with Crippen LogP contribution < -0.4 is 9.05 Å². The number of hydrogen-bond acceptors (Lipinski definition) is 4. The predicted molar refractivity (Wildman–Crippen MR) is 103 cm³/mol. The van der Waals surface area contributed by atoms with Crippen LogP contribution in [-0.2, 0) is 4.57 Å². The van der Waals surface area contributed by atoms with Crippen LogP contribution in [0.2, 0.25) is 0 Å². The normalized spacial score (nSPS) is 11.6. The van der Waals surface area contributed by atoms with Crippen molar-refractivity contribution in [3.8, 4) is 11.5 Å². The van der Waals surface area contributed by atoms with E-state index < -0.39 is 6.80 Å². The molecule has 2 rings (SSSR count). The highest BCUT2D eigenvalue weighted by molar-refractivity contribution is 8.55. The van der Waals surface area contributed by atoms with Gasteiger partial charge in [-0.05, 0) is 62.3 Å². The van der Waals surface area contributed by atoms with Crippen LogP contribution in [0.1, 0.15) is 36.1 Å². The van der Waals surface area contributed by atoms with Gasteiger partial charge in [0.15, 0.2) is 0 Å². The van der Waals surface area contributed by atoms with Crippen molar-refractivity contribution in [1.82, 2.24) is 0 Å². The molecule has 0 saturated heterocycles. The lowest BCUT2D eigenvalue weighted by molar-refractivity contribution is 0.405. The minimum absolute atomic E-state index is 0.118. The summed E-state index contributed by atoms with van der Waals surface area (Å²) in [5, 5.41) is 0.118. The summed E-state index contributed by atoms with van der Waals surface area (Å²) in [7, 11) is 0. The summed E-state index contributed by atoms with van der Waals surface area (Å²) in [5.41, 5.74) is 4.18. The highest BCUT2D eigenvalue weighted by atomic mass is 32.7. The van der Waals surface area contributed by atoms with Gasteiger partial charge < -0.3 is 9.05 Å². The molecule has 0 N–H and O–H groups in total. The summed E-state index contributed by atoms with van der Waals surface area (Å²) in [4.78, 5) is 0. The molecule has 0 amide bonds. The van der Waals surface area contributed by atoms with Crippen molar-refractivity contribution in [2.24, 2.45) is 0 Å². The van der Waals surface area contributed by atoms with E-state index in [0.717, 1.165) is 22.3 Å². The first-order valence-corrected chi connectivity index (χ1v) is 11.0. The third kappa shape index (κ3) is 5.06. The quantitative estimate of drug-likeness (QED) is 0.539. The molecular weight excluding hydrogens is 339 g/mol. The summed E-state index contributed by atoms with van der Waals surface area (Å²) in [6.45, 7) is 8.51. The Morgan fingerprint density at radius 3 is 1.58 bits per heavy atom. The molecule has 0 atom stereocenters. The van der Waals surface area contributed by atoms with Crippen molar-refractivity contribution >= 4 is 18.2 Å². The molecule has 3 nitrogen and oxygen atoms in total. The Hall–Kier alpha value is -1.38. The van der Waals surface area contributed by atoms with Crippen molar-refractivity contribution in [3.63, 3.8) is 0 Å². The van der Waals surface area contributed by atoms with Crippen LogP contribution in [0.3, 0.4) is 0 Å². The zero-order chi connectivity index (χ0) is 17.9. The fourth-order valence-corrected chi connectivity index (χ4v) is 6.18. The van der Waals surface area contributed by atoms with E-state index in [1.54, 1.807) is 0 Å². The maximum atomic E-state index is 13.4. The highest BCUT2D eigenvalue weighted by Gasteiger charge is 2.32. The Balaban J connectivity index is 2.33. The van der Waals surface area contributed by atoms with Gasteiger partial charge >= 0.3 is 6.80 Å². The second-order valence-electron chi connectivity index (χ2n) is 6.32. The zero-order valence-corrected chi connectivity index (χ0v) is 16.8. The van der Waals surface area contributed by atoms with Crippen molar-refractivity contribution in [3.05, 3.63) is 58.7 Å². The van der Waals surface area contributed by atoms with Crippen molar-refractivity contribution in [1.29, 1.82) is 0 Å². The third-order valence-corrected chi connectivity index (χ3v) is 7.43. The highest BCUT2D eigenvalue weighted by Crippen LogP contribution is 2.61. The first kappa shape index (κ1) is 19.0. The van der Waals surface area contributed by atoms with Gasteiger partial charge in [0.25, 0.3) is 0 Å². The fourth-order valence-electron chi connectivity index (χ4n) is 2.36. The number of rotatable bonds is 6. The minimum Gasteiger partial charge on any atom is -0.408 e.